The summed E-state index contributed by atoms with van der Waals surface area (Å²) in [6.45, 7) is -3.25. The van der Waals surface area contributed by atoms with Gasteiger partial charge in [0.2, 0.25) is 5.78 Å². The Hall–Kier alpha value is -1.88. The summed E-state index contributed by atoms with van der Waals surface area (Å²) in [5.74, 6) is -2.25. The molecule has 36 heavy (non-hydrogen) atoms. The largest absolute Gasteiger partial charge is 0.394 e. The molecule has 0 aliphatic carbocycles. The van der Waals surface area contributed by atoms with E-state index in [0.717, 1.165) is 0 Å². The van der Waals surface area contributed by atoms with Crippen molar-refractivity contribution in [2.24, 2.45) is 0 Å². The Morgan fingerprint density at radius 2 is 0.917 bits per heavy atom. The van der Waals surface area contributed by atoms with Crippen molar-refractivity contribution in [3.63, 3.8) is 0 Å². The molecule has 18 heteroatoms. The zero-order valence-electron chi connectivity index (χ0n) is 18.7. The minimum absolute atomic E-state index is 0.0258. The predicted octanol–water partition coefficient (Wildman–Crippen LogP) is -9.93. The Morgan fingerprint density at radius 1 is 0.556 bits per heavy atom. The third-order valence-corrected chi connectivity index (χ3v) is 4.12. The minimum atomic E-state index is -1.98. The number of aldehydes is 2. The van der Waals surface area contributed by atoms with Crippen LogP contribution in [0, 0.1) is 0 Å². The molecule has 0 fully saturated rings. The number of carbonyl (C=O) groups excluding carboxylic acids is 4. The van der Waals surface area contributed by atoms with Gasteiger partial charge in [-0.05, 0) is 0 Å². The molecule has 0 rings (SSSR count). The number of ketones is 2. The van der Waals surface area contributed by atoms with Crippen LogP contribution in [-0.2, 0) is 19.2 Å². The molecule has 0 saturated carbocycles. The lowest BCUT2D eigenvalue weighted by Gasteiger charge is -2.22. The molecule has 0 aromatic heterocycles. The van der Waals surface area contributed by atoms with Crippen molar-refractivity contribution in [3.05, 3.63) is 0 Å². The maximum Gasteiger partial charge on any atom is 0.226 e. The summed E-state index contributed by atoms with van der Waals surface area (Å²) in [4.78, 5) is 40.6. The SMILES string of the molecule is O=C(CO)C(O)C(O)C(O)CO.O=CC(=O)C(O)C(O)C(O)CO.O=CC(O)C(O)C(O)C(O)CO. The highest BCUT2D eigenvalue weighted by molar-refractivity contribution is 6.27. The zero-order valence-corrected chi connectivity index (χ0v) is 18.7. The van der Waals surface area contributed by atoms with Gasteiger partial charge in [-0.3, -0.25) is 14.4 Å². The summed E-state index contributed by atoms with van der Waals surface area (Å²) < 4.78 is 0. The number of aliphatic hydroxyl groups is 14. The quantitative estimate of drug-likeness (QED) is 0.0679. The van der Waals surface area contributed by atoms with Crippen LogP contribution < -0.4 is 0 Å². The van der Waals surface area contributed by atoms with Gasteiger partial charge < -0.3 is 76.3 Å². The standard InChI is InChI=1S/2C6H12O6.C6H10O6/c3*7-1-3(9)5(11)6(12)4(10)2-8/h3,5-9,11-12H,1-2H2;1,3-6,8-12H,2H2;1,4-6,8,10-12H,2H2. The topological polar surface area (TPSA) is 352 Å². The second-order valence-corrected chi connectivity index (χ2v) is 6.87. The second-order valence-electron chi connectivity index (χ2n) is 6.87. The molecule has 18 nitrogen and oxygen atoms in total. The van der Waals surface area contributed by atoms with Crippen LogP contribution in [0.25, 0.3) is 0 Å². The maximum absolute atomic E-state index is 10.5. The maximum atomic E-state index is 10.5. The number of rotatable bonds is 15. The van der Waals surface area contributed by atoms with E-state index in [2.05, 4.69) is 0 Å². The zero-order chi connectivity index (χ0) is 29.2. The first-order valence-corrected chi connectivity index (χ1v) is 9.84. The Bertz CT molecular complexity index is 617. The van der Waals surface area contributed by atoms with Gasteiger partial charge in [-0.25, -0.2) is 0 Å². The molecular weight excluding hydrogens is 504 g/mol. The highest BCUT2D eigenvalue weighted by atomic mass is 16.4. The van der Waals surface area contributed by atoms with E-state index < -0.39 is 99.0 Å². The van der Waals surface area contributed by atoms with Crippen molar-refractivity contribution in [2.45, 2.75) is 61.0 Å². The molecule has 10 atom stereocenters. The van der Waals surface area contributed by atoms with Crippen LogP contribution in [0.5, 0.6) is 0 Å². The fourth-order valence-electron chi connectivity index (χ4n) is 1.78. The van der Waals surface area contributed by atoms with Crippen LogP contribution >= 0.6 is 0 Å². The van der Waals surface area contributed by atoms with Crippen molar-refractivity contribution < 1.29 is 90.7 Å². The van der Waals surface area contributed by atoms with E-state index in [0.29, 0.717) is 0 Å². The van der Waals surface area contributed by atoms with Crippen molar-refractivity contribution in [2.75, 3.05) is 26.4 Å². The van der Waals surface area contributed by atoms with Crippen molar-refractivity contribution in [1.29, 1.82) is 0 Å². The van der Waals surface area contributed by atoms with Crippen molar-refractivity contribution in [3.8, 4) is 0 Å². The first-order valence-electron chi connectivity index (χ1n) is 9.84. The molecule has 0 aliphatic heterocycles. The molecule has 214 valence electrons. The minimum Gasteiger partial charge on any atom is -0.394 e. The first-order chi connectivity index (χ1) is 16.6. The fraction of sp³-hybridized carbons (Fsp3) is 0.778. The van der Waals surface area contributed by atoms with Crippen molar-refractivity contribution in [1.82, 2.24) is 0 Å². The predicted molar refractivity (Wildman–Crippen MR) is 111 cm³/mol. The number of hydrogen-bond acceptors (Lipinski definition) is 18. The summed E-state index contributed by atoms with van der Waals surface area (Å²) in [5.41, 5.74) is 0. The van der Waals surface area contributed by atoms with E-state index in [4.69, 9.17) is 71.5 Å². The Labute approximate surface area is 203 Å². The van der Waals surface area contributed by atoms with E-state index >= 15 is 0 Å². The first kappa shape index (κ1) is 38.6. The van der Waals surface area contributed by atoms with Gasteiger partial charge in [0.1, 0.15) is 67.6 Å². The average molecular weight is 538 g/mol. The lowest BCUT2D eigenvalue weighted by Crippen LogP contribution is -2.46. The summed E-state index contributed by atoms with van der Waals surface area (Å²) in [5, 5.41) is 121. The van der Waals surface area contributed by atoms with Crippen LogP contribution in [-0.4, -0.2) is 183 Å². The van der Waals surface area contributed by atoms with Gasteiger partial charge in [-0.1, -0.05) is 0 Å². The van der Waals surface area contributed by atoms with E-state index in [-0.39, 0.29) is 12.6 Å². The molecule has 0 amide bonds. The van der Waals surface area contributed by atoms with Gasteiger partial charge in [0.05, 0.1) is 19.8 Å². The lowest BCUT2D eigenvalue weighted by molar-refractivity contribution is -0.145. The van der Waals surface area contributed by atoms with Gasteiger partial charge in [0.25, 0.3) is 0 Å². The molecule has 0 heterocycles. The van der Waals surface area contributed by atoms with E-state index in [9.17, 15) is 19.2 Å². The third kappa shape index (κ3) is 14.6. The second kappa shape index (κ2) is 21.2. The van der Waals surface area contributed by atoms with E-state index in [1.165, 1.54) is 0 Å². The smallest absolute Gasteiger partial charge is 0.226 e. The molecule has 0 saturated heterocycles. The van der Waals surface area contributed by atoms with Crippen LogP contribution in [0.15, 0.2) is 0 Å². The van der Waals surface area contributed by atoms with E-state index in [1.54, 1.807) is 0 Å². The fourth-order valence-corrected chi connectivity index (χ4v) is 1.78. The molecule has 0 radical (unpaired) electrons. The molecule has 0 spiro atoms. The van der Waals surface area contributed by atoms with Crippen LogP contribution in [0.2, 0.25) is 0 Å². The highest BCUT2D eigenvalue weighted by Crippen LogP contribution is 2.03. The van der Waals surface area contributed by atoms with Crippen LogP contribution in [0.1, 0.15) is 0 Å². The number of aliphatic hydroxyl groups excluding tert-OH is 14. The summed E-state index contributed by atoms with van der Waals surface area (Å²) >= 11 is 0. The number of Topliss-reactive ketones (excluding diaryl/α,β-unsaturated/α-hetero) is 2. The van der Waals surface area contributed by atoms with Gasteiger partial charge in [0.15, 0.2) is 18.4 Å². The molecule has 0 bridgehead atoms. The molecule has 10 unspecified atom stereocenters. The van der Waals surface area contributed by atoms with Gasteiger partial charge in [-0.2, -0.15) is 0 Å². The summed E-state index contributed by atoms with van der Waals surface area (Å²) in [7, 11) is 0. The summed E-state index contributed by atoms with van der Waals surface area (Å²) in [6, 6.07) is 0. The normalized spacial score (nSPS) is 19.2. The van der Waals surface area contributed by atoms with Crippen LogP contribution in [0.3, 0.4) is 0 Å². The van der Waals surface area contributed by atoms with Gasteiger partial charge >= 0.3 is 0 Å². The van der Waals surface area contributed by atoms with Crippen LogP contribution in [0.4, 0.5) is 0 Å². The molecule has 14 N–H and O–H groups in total. The van der Waals surface area contributed by atoms with Crippen molar-refractivity contribution >= 4 is 24.1 Å². The molecule has 0 aromatic rings. The molecule has 0 aromatic carbocycles. The third-order valence-electron chi connectivity index (χ3n) is 4.12. The number of hydrogen-bond donors (Lipinski definition) is 14. The van der Waals surface area contributed by atoms with Gasteiger partial charge in [-0.15, -0.1) is 0 Å². The Morgan fingerprint density at radius 3 is 1.22 bits per heavy atom. The van der Waals surface area contributed by atoms with Gasteiger partial charge in [0, 0.05) is 0 Å². The Balaban J connectivity index is -0.000000454. The average Bonchev–Trinajstić information content (AvgIpc) is 2.92. The highest BCUT2D eigenvalue weighted by Gasteiger charge is 2.30. The summed E-state index contributed by atoms with van der Waals surface area (Å²) in [6.07, 6.45) is -17.7. The number of carbonyl (C=O) groups is 4. The lowest BCUT2D eigenvalue weighted by atomic mass is 10.0. The molecule has 0 aliphatic rings. The molecular formula is C18H34O18. The monoisotopic (exact) mass is 538 g/mol. The Kier molecular flexibility index (Phi) is 22.8. The van der Waals surface area contributed by atoms with E-state index in [1.807, 2.05) is 0 Å².